The smallest absolute Gasteiger partial charge is 0.258 e. The van der Waals surface area contributed by atoms with Crippen LogP contribution in [0.1, 0.15) is 0 Å². The van der Waals surface area contributed by atoms with Crippen molar-refractivity contribution in [2.24, 2.45) is 5.73 Å². The van der Waals surface area contributed by atoms with Crippen LogP contribution in [0.3, 0.4) is 0 Å². The van der Waals surface area contributed by atoms with Gasteiger partial charge in [0, 0.05) is 6.20 Å². The Morgan fingerprint density at radius 2 is 2.20 bits per heavy atom. The number of carbonyl (C=O) groups is 1. The second-order valence-electron chi connectivity index (χ2n) is 2.74. The molecule has 0 unspecified atom stereocenters. The Hall–Kier alpha value is -1.31. The summed E-state index contributed by atoms with van der Waals surface area (Å²) in [6.45, 7) is -0.500. The summed E-state index contributed by atoms with van der Waals surface area (Å²) in [4.78, 5) is 14.5. The second kappa shape index (κ2) is 4.96. The van der Waals surface area contributed by atoms with Crippen LogP contribution in [0.25, 0.3) is 0 Å². The highest BCUT2D eigenvalue weighted by molar-refractivity contribution is 7.89. The molecular formula is C8H11N3O3S. The van der Waals surface area contributed by atoms with Crippen molar-refractivity contribution in [2.75, 3.05) is 13.1 Å². The largest absolute Gasteiger partial charge is 0.324 e. The van der Waals surface area contributed by atoms with Crippen molar-refractivity contribution >= 4 is 15.8 Å². The van der Waals surface area contributed by atoms with Crippen LogP contribution in [0.15, 0.2) is 29.4 Å². The topological polar surface area (TPSA) is 102 Å². The molecule has 1 heterocycles. The Kier molecular flexibility index (Phi) is 3.89. The van der Waals surface area contributed by atoms with Crippen molar-refractivity contribution in [2.45, 2.75) is 5.03 Å². The maximum Gasteiger partial charge on any atom is 0.258 e. The number of hydrogen-bond donors (Lipinski definition) is 2. The Labute approximate surface area is 87.6 Å². The standard InChI is InChI=1S/C8H11N3O3S/c9-5-7(12)6-11-15(13,14)8-3-1-2-4-10-8/h1-4,11H,5-6,9H2. The average Bonchev–Trinajstić information content (AvgIpc) is 2.27. The molecular weight excluding hydrogens is 218 g/mol. The zero-order chi connectivity index (χ0) is 11.3. The minimum atomic E-state index is -3.70. The third-order valence-electron chi connectivity index (χ3n) is 1.60. The highest BCUT2D eigenvalue weighted by Crippen LogP contribution is 2.01. The van der Waals surface area contributed by atoms with Crippen molar-refractivity contribution in [3.8, 4) is 0 Å². The number of hydrogen-bond acceptors (Lipinski definition) is 5. The van der Waals surface area contributed by atoms with Crippen LogP contribution in [0.4, 0.5) is 0 Å². The van der Waals surface area contributed by atoms with Gasteiger partial charge in [0.2, 0.25) is 0 Å². The second-order valence-corrected chi connectivity index (χ2v) is 4.45. The monoisotopic (exact) mass is 229 g/mol. The quantitative estimate of drug-likeness (QED) is 0.666. The summed E-state index contributed by atoms with van der Waals surface area (Å²) in [5.41, 5.74) is 5.04. The summed E-state index contributed by atoms with van der Waals surface area (Å²) in [5.74, 6) is -0.380. The van der Waals surface area contributed by atoms with E-state index in [-0.39, 0.29) is 23.9 Å². The maximum absolute atomic E-state index is 11.5. The van der Waals surface area contributed by atoms with Gasteiger partial charge in [-0.25, -0.2) is 18.1 Å². The number of carbonyl (C=O) groups excluding carboxylic acids is 1. The van der Waals surface area contributed by atoms with Gasteiger partial charge in [0.05, 0.1) is 13.1 Å². The van der Waals surface area contributed by atoms with Crippen LogP contribution in [0, 0.1) is 0 Å². The number of nitrogens with zero attached hydrogens (tertiary/aromatic N) is 1. The molecule has 3 N–H and O–H groups in total. The molecule has 1 aromatic heterocycles. The van der Waals surface area contributed by atoms with Crippen LogP contribution in [-0.4, -0.2) is 32.3 Å². The molecule has 1 rings (SSSR count). The fourth-order valence-electron chi connectivity index (χ4n) is 0.828. The first kappa shape index (κ1) is 11.8. The van der Waals surface area contributed by atoms with Gasteiger partial charge in [-0.1, -0.05) is 6.07 Å². The first-order chi connectivity index (χ1) is 7.06. The highest BCUT2D eigenvalue weighted by atomic mass is 32.2. The normalized spacial score (nSPS) is 11.3. The molecule has 6 nitrogen and oxygen atoms in total. The molecule has 0 amide bonds. The fraction of sp³-hybridized carbons (Fsp3) is 0.250. The molecule has 1 aromatic rings. The van der Waals surface area contributed by atoms with Crippen molar-refractivity contribution in [3.63, 3.8) is 0 Å². The molecule has 82 valence electrons. The van der Waals surface area contributed by atoms with E-state index in [4.69, 9.17) is 5.73 Å². The number of nitrogens with one attached hydrogen (secondary N) is 1. The zero-order valence-corrected chi connectivity index (χ0v) is 8.70. The van der Waals surface area contributed by atoms with E-state index in [2.05, 4.69) is 9.71 Å². The van der Waals surface area contributed by atoms with E-state index in [1.165, 1.54) is 12.3 Å². The van der Waals surface area contributed by atoms with Crippen molar-refractivity contribution in [3.05, 3.63) is 24.4 Å². The number of aromatic nitrogens is 1. The van der Waals surface area contributed by atoms with Gasteiger partial charge in [-0.3, -0.25) is 4.79 Å². The molecule has 0 fully saturated rings. The van der Waals surface area contributed by atoms with Gasteiger partial charge < -0.3 is 5.73 Å². The molecule has 0 aliphatic carbocycles. The molecule has 7 heteroatoms. The van der Waals surface area contributed by atoms with Gasteiger partial charge in [-0.2, -0.15) is 0 Å². The Morgan fingerprint density at radius 3 is 2.73 bits per heavy atom. The van der Waals surface area contributed by atoms with E-state index < -0.39 is 10.0 Å². The van der Waals surface area contributed by atoms with Gasteiger partial charge in [-0.15, -0.1) is 0 Å². The number of pyridine rings is 1. The summed E-state index contributed by atoms with van der Waals surface area (Å²) >= 11 is 0. The lowest BCUT2D eigenvalue weighted by molar-refractivity contribution is -0.116. The van der Waals surface area contributed by atoms with E-state index in [0.717, 1.165) is 0 Å². The lowest BCUT2D eigenvalue weighted by Gasteiger charge is -2.03. The molecule has 0 saturated carbocycles. The predicted molar refractivity (Wildman–Crippen MR) is 53.5 cm³/mol. The lowest BCUT2D eigenvalue weighted by atomic mass is 10.4. The predicted octanol–water partition coefficient (Wildman–Crippen LogP) is -1.11. The van der Waals surface area contributed by atoms with E-state index in [0.29, 0.717) is 0 Å². The van der Waals surface area contributed by atoms with Crippen LogP contribution in [0.5, 0.6) is 0 Å². The minimum absolute atomic E-state index is 0.116. The molecule has 0 atom stereocenters. The SMILES string of the molecule is NCC(=O)CNS(=O)(=O)c1ccccn1. The number of nitrogens with two attached hydrogens (primary N) is 1. The number of ketones is 1. The molecule has 0 aromatic carbocycles. The summed E-state index contributed by atoms with van der Waals surface area (Å²) in [5, 5.41) is -0.116. The molecule has 0 aliphatic heterocycles. The van der Waals surface area contributed by atoms with Crippen molar-refractivity contribution in [1.29, 1.82) is 0 Å². The minimum Gasteiger partial charge on any atom is -0.324 e. The Balaban J connectivity index is 2.73. The maximum atomic E-state index is 11.5. The Bertz CT molecular complexity index is 430. The van der Waals surface area contributed by atoms with Gasteiger partial charge >= 0.3 is 0 Å². The zero-order valence-electron chi connectivity index (χ0n) is 7.88. The third kappa shape index (κ3) is 3.39. The van der Waals surface area contributed by atoms with Crippen molar-refractivity contribution < 1.29 is 13.2 Å². The lowest BCUT2D eigenvalue weighted by Crippen LogP contribution is -2.33. The molecule has 0 saturated heterocycles. The van der Waals surface area contributed by atoms with Crippen LogP contribution in [-0.2, 0) is 14.8 Å². The third-order valence-corrected chi connectivity index (χ3v) is 2.92. The molecule has 0 aliphatic rings. The van der Waals surface area contributed by atoms with Crippen LogP contribution in [0.2, 0.25) is 0 Å². The summed E-state index contributed by atoms with van der Waals surface area (Å²) in [7, 11) is -3.70. The van der Waals surface area contributed by atoms with Gasteiger partial charge in [0.1, 0.15) is 0 Å². The number of sulfonamides is 1. The number of rotatable bonds is 5. The molecule has 0 spiro atoms. The van der Waals surface area contributed by atoms with Crippen LogP contribution < -0.4 is 10.5 Å². The van der Waals surface area contributed by atoms with Gasteiger partial charge in [0.15, 0.2) is 10.8 Å². The average molecular weight is 229 g/mol. The van der Waals surface area contributed by atoms with Crippen molar-refractivity contribution in [1.82, 2.24) is 9.71 Å². The number of Topliss-reactive ketones (excluding diaryl/α,β-unsaturated/α-hetero) is 1. The summed E-state index contributed by atoms with van der Waals surface area (Å²) in [6.07, 6.45) is 1.36. The summed E-state index contributed by atoms with van der Waals surface area (Å²) < 4.78 is 25.1. The first-order valence-corrected chi connectivity index (χ1v) is 5.67. The van der Waals surface area contributed by atoms with Gasteiger partial charge in [-0.05, 0) is 12.1 Å². The molecule has 15 heavy (non-hydrogen) atoms. The van der Waals surface area contributed by atoms with E-state index in [9.17, 15) is 13.2 Å². The van der Waals surface area contributed by atoms with E-state index >= 15 is 0 Å². The Morgan fingerprint density at radius 1 is 1.47 bits per heavy atom. The van der Waals surface area contributed by atoms with E-state index in [1.54, 1.807) is 12.1 Å². The molecule has 0 bridgehead atoms. The fourth-order valence-corrected chi connectivity index (χ4v) is 1.78. The molecule has 0 radical (unpaired) electrons. The van der Waals surface area contributed by atoms with Gasteiger partial charge in [0.25, 0.3) is 10.0 Å². The van der Waals surface area contributed by atoms with E-state index in [1.807, 2.05) is 0 Å². The first-order valence-electron chi connectivity index (χ1n) is 4.19. The highest BCUT2D eigenvalue weighted by Gasteiger charge is 2.15. The summed E-state index contributed by atoms with van der Waals surface area (Å²) in [6, 6.07) is 4.49. The van der Waals surface area contributed by atoms with Crippen LogP contribution >= 0.6 is 0 Å².